The van der Waals surface area contributed by atoms with Gasteiger partial charge in [0.1, 0.15) is 0 Å². The largest absolute Gasteiger partial charge is 0.264 e. The van der Waals surface area contributed by atoms with Crippen LogP contribution in [0, 0.1) is 0 Å². The second-order valence-corrected chi connectivity index (χ2v) is 13.7. The van der Waals surface area contributed by atoms with Crippen molar-refractivity contribution >= 4 is 32.3 Å². The molecule has 8 aromatic carbocycles. The first kappa shape index (κ1) is 31.5. The first-order valence-corrected chi connectivity index (χ1v) is 18.2. The molecule has 0 saturated carbocycles. The van der Waals surface area contributed by atoms with Crippen molar-refractivity contribution in [2.75, 3.05) is 0 Å². The van der Waals surface area contributed by atoms with Crippen molar-refractivity contribution in [3.05, 3.63) is 200 Å². The van der Waals surface area contributed by atoms with E-state index in [-0.39, 0.29) is 0 Å². The van der Waals surface area contributed by atoms with Crippen LogP contribution in [0.4, 0.5) is 0 Å². The van der Waals surface area contributed by atoms with Crippen LogP contribution in [0.25, 0.3) is 99.6 Å². The van der Waals surface area contributed by atoms with Crippen molar-refractivity contribution in [1.29, 1.82) is 0 Å². The lowest BCUT2D eigenvalue weighted by molar-refractivity contribution is 1.18. The summed E-state index contributed by atoms with van der Waals surface area (Å²) in [4.78, 5) is 14.4. The third kappa shape index (κ3) is 5.88. The van der Waals surface area contributed by atoms with Gasteiger partial charge in [0.2, 0.25) is 0 Å². The molecule has 0 amide bonds. The van der Waals surface area contributed by atoms with Gasteiger partial charge in [-0.25, -0.2) is 9.97 Å². The highest BCUT2D eigenvalue weighted by Crippen LogP contribution is 2.36. The Hall–Kier alpha value is -7.23. The minimum Gasteiger partial charge on any atom is -0.264 e. The molecule has 54 heavy (non-hydrogen) atoms. The minimum atomic E-state index is 0.703. The van der Waals surface area contributed by atoms with Gasteiger partial charge in [-0.05, 0) is 90.0 Å². The highest BCUT2D eigenvalue weighted by Gasteiger charge is 2.13. The standard InChI is InChI=1S/C51H33N3/c1-2-8-40(9-3-1)51-53-49(32-50(54-51)39-25-19-36(20-26-39)44-12-7-29-52-33-44)38-23-17-35(18-24-38)34-15-21-37(22-16-34)45-13-6-14-46-47(45)28-27-43-30-41-10-4-5-11-42(41)31-48(43)46/h1-33H. The van der Waals surface area contributed by atoms with E-state index in [2.05, 4.69) is 169 Å². The van der Waals surface area contributed by atoms with Crippen molar-refractivity contribution in [3.63, 3.8) is 0 Å². The van der Waals surface area contributed by atoms with Gasteiger partial charge >= 0.3 is 0 Å². The van der Waals surface area contributed by atoms with Gasteiger partial charge in [0.15, 0.2) is 5.82 Å². The lowest BCUT2D eigenvalue weighted by Gasteiger charge is -2.12. The molecular weight excluding hydrogens is 655 g/mol. The summed E-state index contributed by atoms with van der Waals surface area (Å²) >= 11 is 0. The average molecular weight is 688 g/mol. The van der Waals surface area contributed by atoms with Crippen LogP contribution in [0.5, 0.6) is 0 Å². The van der Waals surface area contributed by atoms with E-state index in [0.717, 1.165) is 44.8 Å². The lowest BCUT2D eigenvalue weighted by Crippen LogP contribution is -1.96. The number of aromatic nitrogens is 3. The molecule has 10 rings (SSSR count). The van der Waals surface area contributed by atoms with E-state index >= 15 is 0 Å². The van der Waals surface area contributed by atoms with Crippen LogP contribution >= 0.6 is 0 Å². The number of nitrogens with zero attached hydrogens (tertiary/aromatic N) is 3. The molecule has 0 aliphatic carbocycles. The van der Waals surface area contributed by atoms with Crippen molar-refractivity contribution in [1.82, 2.24) is 15.0 Å². The Kier molecular flexibility index (Phi) is 7.81. The second kappa shape index (κ2) is 13.4. The third-order valence-electron chi connectivity index (χ3n) is 10.4. The molecule has 2 aromatic heterocycles. The minimum absolute atomic E-state index is 0.703. The molecule has 2 heterocycles. The first-order chi connectivity index (χ1) is 26.7. The Bertz CT molecular complexity index is 2940. The molecule has 0 radical (unpaired) electrons. The van der Waals surface area contributed by atoms with Gasteiger partial charge in [-0.1, -0.05) is 164 Å². The summed E-state index contributed by atoms with van der Waals surface area (Å²) in [6.07, 6.45) is 3.68. The van der Waals surface area contributed by atoms with Crippen LogP contribution in [0.1, 0.15) is 0 Å². The van der Waals surface area contributed by atoms with Crippen LogP contribution in [0.15, 0.2) is 200 Å². The molecule has 0 atom stereocenters. The van der Waals surface area contributed by atoms with E-state index in [1.165, 1.54) is 49.0 Å². The molecule has 0 aliphatic heterocycles. The third-order valence-corrected chi connectivity index (χ3v) is 10.4. The number of hydrogen-bond donors (Lipinski definition) is 0. The molecule has 3 heteroatoms. The fourth-order valence-electron chi connectivity index (χ4n) is 7.54. The van der Waals surface area contributed by atoms with Gasteiger partial charge in [0.05, 0.1) is 11.4 Å². The quantitative estimate of drug-likeness (QED) is 0.129. The maximum Gasteiger partial charge on any atom is 0.160 e. The van der Waals surface area contributed by atoms with Gasteiger partial charge in [-0.3, -0.25) is 4.98 Å². The lowest BCUT2D eigenvalue weighted by atomic mass is 9.92. The highest BCUT2D eigenvalue weighted by molar-refractivity contribution is 6.15. The van der Waals surface area contributed by atoms with Gasteiger partial charge in [0, 0.05) is 29.1 Å². The number of hydrogen-bond acceptors (Lipinski definition) is 3. The Balaban J connectivity index is 0.963. The van der Waals surface area contributed by atoms with Crippen LogP contribution in [-0.2, 0) is 0 Å². The SMILES string of the molecule is c1ccc(-c2nc(-c3ccc(-c4ccc(-c5cccc6c5ccc5cc7ccccc7cc56)cc4)cc3)cc(-c3ccc(-c4cccnc4)cc3)n2)cc1. The molecule has 0 aliphatic rings. The van der Waals surface area contributed by atoms with E-state index in [4.69, 9.17) is 9.97 Å². The molecule has 10 aromatic rings. The molecule has 0 spiro atoms. The van der Waals surface area contributed by atoms with E-state index in [1.807, 2.05) is 30.5 Å². The van der Waals surface area contributed by atoms with Crippen molar-refractivity contribution < 1.29 is 0 Å². The smallest absolute Gasteiger partial charge is 0.160 e. The molecule has 0 fully saturated rings. The number of pyridine rings is 1. The van der Waals surface area contributed by atoms with Crippen molar-refractivity contribution in [2.45, 2.75) is 0 Å². The van der Waals surface area contributed by atoms with Crippen LogP contribution in [0.3, 0.4) is 0 Å². The number of fused-ring (bicyclic) bond motifs is 4. The van der Waals surface area contributed by atoms with E-state index in [9.17, 15) is 0 Å². The highest BCUT2D eigenvalue weighted by atomic mass is 14.9. The summed E-state index contributed by atoms with van der Waals surface area (Å²) in [7, 11) is 0. The van der Waals surface area contributed by atoms with Gasteiger partial charge in [-0.15, -0.1) is 0 Å². The van der Waals surface area contributed by atoms with E-state index in [0.29, 0.717) is 5.82 Å². The summed E-state index contributed by atoms with van der Waals surface area (Å²) in [6, 6.07) is 66.8. The van der Waals surface area contributed by atoms with E-state index < -0.39 is 0 Å². The zero-order valence-corrected chi connectivity index (χ0v) is 29.4. The zero-order valence-electron chi connectivity index (χ0n) is 29.4. The van der Waals surface area contributed by atoms with Gasteiger partial charge < -0.3 is 0 Å². The molecule has 0 saturated heterocycles. The summed E-state index contributed by atoms with van der Waals surface area (Å²) in [5.41, 5.74) is 11.8. The molecule has 0 bridgehead atoms. The Morgan fingerprint density at radius 1 is 0.296 bits per heavy atom. The maximum absolute atomic E-state index is 5.05. The summed E-state index contributed by atoms with van der Waals surface area (Å²) in [5.74, 6) is 0.703. The van der Waals surface area contributed by atoms with Gasteiger partial charge in [-0.2, -0.15) is 0 Å². The first-order valence-electron chi connectivity index (χ1n) is 18.2. The summed E-state index contributed by atoms with van der Waals surface area (Å²) in [5, 5.41) is 7.63. The van der Waals surface area contributed by atoms with Crippen LogP contribution < -0.4 is 0 Å². The van der Waals surface area contributed by atoms with E-state index in [1.54, 1.807) is 6.20 Å². The average Bonchev–Trinajstić information content (AvgIpc) is 3.26. The molecule has 0 N–H and O–H groups in total. The molecule has 3 nitrogen and oxygen atoms in total. The summed E-state index contributed by atoms with van der Waals surface area (Å²) in [6.45, 7) is 0. The fourth-order valence-corrected chi connectivity index (χ4v) is 7.54. The molecule has 0 unspecified atom stereocenters. The van der Waals surface area contributed by atoms with Gasteiger partial charge in [0.25, 0.3) is 0 Å². The molecule has 252 valence electrons. The predicted octanol–water partition coefficient (Wildman–Crippen LogP) is 13.3. The Morgan fingerprint density at radius 2 is 0.870 bits per heavy atom. The maximum atomic E-state index is 5.05. The topological polar surface area (TPSA) is 38.7 Å². The monoisotopic (exact) mass is 687 g/mol. The van der Waals surface area contributed by atoms with Crippen LogP contribution in [-0.4, -0.2) is 15.0 Å². The Morgan fingerprint density at radius 3 is 1.52 bits per heavy atom. The predicted molar refractivity (Wildman–Crippen MR) is 225 cm³/mol. The van der Waals surface area contributed by atoms with Crippen molar-refractivity contribution in [2.24, 2.45) is 0 Å². The summed E-state index contributed by atoms with van der Waals surface area (Å²) < 4.78 is 0. The van der Waals surface area contributed by atoms with Crippen LogP contribution in [0.2, 0.25) is 0 Å². The molecular formula is C51H33N3. The zero-order chi connectivity index (χ0) is 35.8. The fraction of sp³-hybridized carbons (Fsp3) is 0. The Labute approximate surface area is 313 Å². The second-order valence-electron chi connectivity index (χ2n) is 13.7. The number of benzene rings is 8. The van der Waals surface area contributed by atoms with Crippen molar-refractivity contribution in [3.8, 4) is 67.3 Å². The normalized spacial score (nSPS) is 11.3. The number of rotatable bonds is 6.